The minimum Gasteiger partial charge on any atom is -0.0693 e. The first kappa shape index (κ1) is 54.7. The van der Waals surface area contributed by atoms with Gasteiger partial charge in [-0.3, -0.25) is 0 Å². The van der Waals surface area contributed by atoms with E-state index >= 15 is 0 Å². The highest BCUT2D eigenvalue weighted by Crippen LogP contribution is 2.44. The Hall–Kier alpha value is 0.609. The Morgan fingerprint density at radius 2 is 0.431 bits per heavy atom. The quantitative estimate of drug-likeness (QED) is 0.186. The lowest BCUT2D eigenvalue weighted by molar-refractivity contribution is 0.588. The third kappa shape index (κ3) is 13.6. The van der Waals surface area contributed by atoms with Gasteiger partial charge in [0.2, 0.25) is 0 Å². The summed E-state index contributed by atoms with van der Waals surface area (Å²) in [5, 5.41) is 6.62. The first-order valence-electron chi connectivity index (χ1n) is 23.0. The van der Waals surface area contributed by atoms with Gasteiger partial charge in [-0.15, -0.1) is 0 Å². The second kappa shape index (κ2) is 17.5. The maximum absolute atomic E-state index is 2.83. The number of benzene rings is 2. The maximum atomic E-state index is 2.83. The van der Waals surface area contributed by atoms with Crippen molar-refractivity contribution < 1.29 is 0 Å². The monoisotopic (exact) mass is 955 g/mol. The van der Waals surface area contributed by atoms with Gasteiger partial charge in [-0.1, -0.05) is 223 Å². The van der Waals surface area contributed by atoms with Crippen molar-refractivity contribution in [1.82, 2.24) is 0 Å². The van der Waals surface area contributed by atoms with Gasteiger partial charge >= 0.3 is 0 Å². The highest BCUT2D eigenvalue weighted by molar-refractivity contribution is 6.99. The van der Waals surface area contributed by atoms with Gasteiger partial charge in [0, 0.05) is 64.6 Å². The summed E-state index contributed by atoms with van der Waals surface area (Å²) in [6.07, 6.45) is 0. The minimum absolute atomic E-state index is 0.118. The molecule has 0 atom stereocenters. The van der Waals surface area contributed by atoms with E-state index in [1.807, 2.05) is 32.6 Å². The molecule has 330 valence electrons. The fraction of sp³-hybridized carbons (Fsp3) is 0.750. The summed E-state index contributed by atoms with van der Waals surface area (Å²) >= 11 is 0. The largest absolute Gasteiger partial charge is 0.0693 e. The van der Waals surface area contributed by atoms with Crippen LogP contribution >= 0.6 is 0 Å². The normalized spacial score (nSPS) is 14.9. The van der Waals surface area contributed by atoms with Crippen LogP contribution in [0, 0.1) is 0 Å². The first-order chi connectivity index (χ1) is 25.1. The van der Waals surface area contributed by atoms with Crippen molar-refractivity contribution >= 4 is 91.8 Å². The maximum Gasteiger partial charge on any atom is 0.0493 e. The van der Waals surface area contributed by atoms with E-state index in [2.05, 4.69) is 223 Å². The summed E-state index contributed by atoms with van der Waals surface area (Å²) in [5.74, 6) is 0. The average Bonchev–Trinajstić information content (AvgIpc) is 2.85. The van der Waals surface area contributed by atoms with Gasteiger partial charge in [0.25, 0.3) is 0 Å². The summed E-state index contributed by atoms with van der Waals surface area (Å²) in [6, 6.07) is 11.3. The molecule has 0 aliphatic heterocycles. The molecule has 0 bridgehead atoms. The predicted molar refractivity (Wildman–Crippen MR) is 299 cm³/mol. The summed E-state index contributed by atoms with van der Waals surface area (Å²) in [5.41, 5.74) is 10.7. The molecule has 0 aliphatic carbocycles. The molecule has 2 aromatic rings. The van der Waals surface area contributed by atoms with Crippen molar-refractivity contribution in [2.45, 2.75) is 230 Å². The number of hydrogen-bond acceptors (Lipinski definition) is 0. The zero-order valence-corrected chi connectivity index (χ0v) is 54.6. The first-order valence-corrected chi connectivity index (χ1v) is 54.6. The molecule has 0 amide bonds. The zero-order valence-electron chi connectivity index (χ0n) is 44.6. The molecule has 58 heavy (non-hydrogen) atoms. The zero-order chi connectivity index (χ0) is 46.2. The van der Waals surface area contributed by atoms with E-state index in [1.165, 1.54) is 0 Å². The summed E-state index contributed by atoms with van der Waals surface area (Å²) in [4.78, 5) is 0. The second-order valence-corrected chi connectivity index (χ2v) is 77.3. The average molecular weight is 956 g/mol. The second-order valence-electron chi connectivity index (χ2n) is 29.5. The SMILES string of the molecule is CC(C)(C)c1cc(C([Si](C)(C)C)[Si](C)(C)C)c([Si]#[Si]c2c(C([Si](C)(C)C)[Si](C)(C)C)cc(C(C)(C)C)cc2C([Si](C)(C)C)[Si](C)(C)C)c(C([Si](C)(C)C)[Si](C)(C)C)c1. The van der Waals surface area contributed by atoms with Crippen LogP contribution in [0.1, 0.15) is 95.6 Å². The van der Waals surface area contributed by atoms with E-state index in [-0.39, 0.29) is 10.8 Å². The molecule has 0 fully saturated rings. The Kier molecular flexibility index (Phi) is 16.5. The number of hydrogen-bond donors (Lipinski definition) is 0. The Morgan fingerprint density at radius 3 is 0.534 bits per heavy atom. The molecular formula is C48H98Si10. The molecule has 0 aromatic heterocycles. The van der Waals surface area contributed by atoms with E-state index in [4.69, 9.17) is 0 Å². The van der Waals surface area contributed by atoms with Gasteiger partial charge in [-0.25, -0.2) is 0 Å². The molecule has 0 aliphatic rings. The van der Waals surface area contributed by atoms with Crippen LogP contribution in [-0.4, -0.2) is 81.4 Å². The van der Waals surface area contributed by atoms with Crippen LogP contribution in [0.25, 0.3) is 0 Å². The van der Waals surface area contributed by atoms with Gasteiger partial charge in [-0.2, -0.15) is 0 Å². The van der Waals surface area contributed by atoms with Crippen molar-refractivity contribution in [3.8, 4) is 0 Å². The Labute approximate surface area is 376 Å². The fourth-order valence-electron chi connectivity index (χ4n) is 12.5. The van der Waals surface area contributed by atoms with Crippen molar-refractivity contribution in [2.75, 3.05) is 0 Å². The van der Waals surface area contributed by atoms with Crippen LogP contribution in [0.5, 0.6) is 0 Å². The molecule has 0 N–H and O–H groups in total. The smallest absolute Gasteiger partial charge is 0.0493 e. The molecule has 0 heterocycles. The van der Waals surface area contributed by atoms with Crippen LogP contribution in [0.2, 0.25) is 157 Å². The van der Waals surface area contributed by atoms with Gasteiger partial charge in [0.15, 0.2) is 0 Å². The highest BCUT2D eigenvalue weighted by atomic mass is 28.7. The highest BCUT2D eigenvalue weighted by Gasteiger charge is 2.46. The van der Waals surface area contributed by atoms with Crippen molar-refractivity contribution in [2.24, 2.45) is 0 Å². The molecule has 0 nitrogen and oxygen atoms in total. The lowest BCUT2D eigenvalue weighted by Crippen LogP contribution is -2.53. The third-order valence-corrected chi connectivity index (χ3v) is 53.4. The van der Waals surface area contributed by atoms with Crippen LogP contribution < -0.4 is 10.4 Å². The van der Waals surface area contributed by atoms with Gasteiger partial charge in [-0.05, 0) is 92.1 Å². The van der Waals surface area contributed by atoms with Crippen LogP contribution in [-0.2, 0) is 10.8 Å². The Bertz CT molecular complexity index is 1530. The van der Waals surface area contributed by atoms with E-state index in [0.717, 1.165) is 37.5 Å². The fourth-order valence-corrected chi connectivity index (χ4v) is 68.7. The molecule has 2 aromatic carbocycles. The van der Waals surface area contributed by atoms with Crippen LogP contribution in [0.4, 0.5) is 0 Å². The molecule has 2 rings (SSSR count). The van der Waals surface area contributed by atoms with E-state index in [1.54, 1.807) is 11.1 Å². The molecule has 0 spiro atoms. The topological polar surface area (TPSA) is 0 Å². The molecule has 0 saturated heterocycles. The molecule has 0 radical (unpaired) electrons. The summed E-state index contributed by atoms with van der Waals surface area (Å²) in [7, 11) is -11.2. The summed E-state index contributed by atoms with van der Waals surface area (Å²) < 4.78 is 0. The van der Waals surface area contributed by atoms with Crippen LogP contribution in [0.15, 0.2) is 24.3 Å². The number of rotatable bonds is 12. The Balaban J connectivity index is 3.76. The minimum atomic E-state index is -1.61. The Morgan fingerprint density at radius 1 is 0.293 bits per heavy atom. The lowest BCUT2D eigenvalue weighted by atomic mass is 9.85. The van der Waals surface area contributed by atoms with E-state index in [0.29, 0.717) is 0 Å². The third-order valence-electron chi connectivity index (χ3n) is 12.6. The van der Waals surface area contributed by atoms with Gasteiger partial charge in [0.05, 0.1) is 0 Å². The lowest BCUT2D eigenvalue weighted by Gasteiger charge is -2.44. The van der Waals surface area contributed by atoms with Gasteiger partial charge < -0.3 is 0 Å². The van der Waals surface area contributed by atoms with Crippen molar-refractivity contribution in [3.05, 3.63) is 57.6 Å². The molecule has 0 unspecified atom stereocenters. The molecule has 10 heteroatoms. The molecular weight excluding hydrogens is 857 g/mol. The standard InChI is InChI=1S/C48H98Si10/c1-47(2,3)35-31-37(43(51(7,8)9)52(10,11)12)41(38(32-35)44(53(13,14)15)54(16,17)18)49-50-42-39(45(55(19,20)21)56(22,23)24)33-36(48(4,5)6)34-40(42)46(57(25,26)27)58(28,29)30/h31-34,43-46H,1-30H3. The molecule has 0 saturated carbocycles. The van der Waals surface area contributed by atoms with Crippen molar-refractivity contribution in [1.29, 1.82) is 0 Å². The van der Waals surface area contributed by atoms with Crippen LogP contribution in [0.3, 0.4) is 0 Å². The predicted octanol–water partition coefficient (Wildman–Crippen LogP) is 14.9. The van der Waals surface area contributed by atoms with E-state index < -0.39 is 64.6 Å². The summed E-state index contributed by atoms with van der Waals surface area (Å²) in [6.45, 7) is 80.0. The van der Waals surface area contributed by atoms with Gasteiger partial charge in [0.1, 0.15) is 0 Å². The van der Waals surface area contributed by atoms with E-state index in [9.17, 15) is 0 Å². The van der Waals surface area contributed by atoms with Crippen molar-refractivity contribution in [3.63, 3.8) is 0 Å².